The number of anilines is 1. The lowest BCUT2D eigenvalue weighted by Crippen LogP contribution is -2.41. The van der Waals surface area contributed by atoms with Gasteiger partial charge in [0.05, 0.1) is 18.9 Å². The third-order valence-corrected chi connectivity index (χ3v) is 3.92. The number of nitrogens with two attached hydrogens (primary N) is 1. The summed E-state index contributed by atoms with van der Waals surface area (Å²) in [6.45, 7) is 0. The highest BCUT2D eigenvalue weighted by molar-refractivity contribution is 5.67. The molecule has 0 spiro atoms. The van der Waals surface area contributed by atoms with Gasteiger partial charge in [-0.3, -0.25) is 0 Å². The van der Waals surface area contributed by atoms with Crippen LogP contribution in [0.5, 0.6) is 5.75 Å². The van der Waals surface area contributed by atoms with Crippen LogP contribution in [0, 0.1) is 5.82 Å². The Kier molecular flexibility index (Phi) is 4.88. The van der Waals surface area contributed by atoms with Crippen LogP contribution in [0.2, 0.25) is 0 Å². The number of benzene rings is 1. The van der Waals surface area contributed by atoms with Gasteiger partial charge in [-0.25, -0.2) is 9.18 Å². The average molecular weight is 296 g/mol. The van der Waals surface area contributed by atoms with Crippen molar-refractivity contribution < 1.29 is 18.7 Å². The van der Waals surface area contributed by atoms with E-state index in [9.17, 15) is 9.18 Å². The fourth-order valence-electron chi connectivity index (χ4n) is 2.63. The Morgan fingerprint density at radius 3 is 2.62 bits per heavy atom. The Labute approximate surface area is 123 Å². The zero-order valence-electron chi connectivity index (χ0n) is 12.3. The van der Waals surface area contributed by atoms with Crippen LogP contribution in [0.4, 0.5) is 14.9 Å². The van der Waals surface area contributed by atoms with Crippen molar-refractivity contribution >= 4 is 11.8 Å². The van der Waals surface area contributed by atoms with Crippen molar-refractivity contribution in [2.75, 3.05) is 19.9 Å². The van der Waals surface area contributed by atoms with Gasteiger partial charge in [-0.2, -0.15) is 0 Å². The molecule has 1 aromatic carbocycles. The van der Waals surface area contributed by atoms with Gasteiger partial charge in [0.1, 0.15) is 11.6 Å². The molecule has 116 valence electrons. The first kappa shape index (κ1) is 15.4. The zero-order chi connectivity index (χ0) is 15.4. The number of halogens is 1. The summed E-state index contributed by atoms with van der Waals surface area (Å²) in [6, 6.07) is 4.27. The zero-order valence-corrected chi connectivity index (χ0v) is 12.3. The Morgan fingerprint density at radius 2 is 2.00 bits per heavy atom. The van der Waals surface area contributed by atoms with E-state index in [-0.39, 0.29) is 24.1 Å². The monoisotopic (exact) mass is 296 g/mol. The lowest BCUT2D eigenvalue weighted by Gasteiger charge is -2.34. The van der Waals surface area contributed by atoms with Crippen LogP contribution in [-0.4, -0.2) is 37.3 Å². The minimum atomic E-state index is -0.363. The lowest BCUT2D eigenvalue weighted by molar-refractivity contribution is 0.0812. The molecule has 2 N–H and O–H groups in total. The molecule has 21 heavy (non-hydrogen) atoms. The van der Waals surface area contributed by atoms with Crippen molar-refractivity contribution in [2.45, 2.75) is 37.8 Å². The number of carbonyl (C=O) groups is 1. The number of hydrogen-bond acceptors (Lipinski definition) is 4. The molecule has 1 fully saturated rings. The first-order chi connectivity index (χ1) is 10.0. The quantitative estimate of drug-likeness (QED) is 0.871. The maximum atomic E-state index is 13.2. The van der Waals surface area contributed by atoms with Crippen molar-refractivity contribution in [3.63, 3.8) is 0 Å². The summed E-state index contributed by atoms with van der Waals surface area (Å²) in [5.41, 5.74) is 6.21. The van der Waals surface area contributed by atoms with E-state index < -0.39 is 0 Å². The van der Waals surface area contributed by atoms with Crippen molar-refractivity contribution in [3.05, 3.63) is 24.0 Å². The first-order valence-electron chi connectivity index (χ1n) is 7.03. The summed E-state index contributed by atoms with van der Waals surface area (Å²) in [5.74, 6) is 0.0260. The number of amides is 1. The minimum Gasteiger partial charge on any atom is -0.488 e. The molecule has 6 heteroatoms. The van der Waals surface area contributed by atoms with Gasteiger partial charge < -0.3 is 20.1 Å². The molecule has 0 aromatic heterocycles. The van der Waals surface area contributed by atoms with Gasteiger partial charge in [-0.05, 0) is 37.8 Å². The highest BCUT2D eigenvalue weighted by Gasteiger charge is 2.28. The number of rotatable bonds is 3. The van der Waals surface area contributed by atoms with Gasteiger partial charge >= 0.3 is 6.09 Å². The van der Waals surface area contributed by atoms with Crippen LogP contribution in [0.15, 0.2) is 18.2 Å². The third-order valence-electron chi connectivity index (χ3n) is 3.92. The predicted molar refractivity (Wildman–Crippen MR) is 77.7 cm³/mol. The Balaban J connectivity index is 1.89. The largest absolute Gasteiger partial charge is 0.488 e. The molecule has 0 aliphatic heterocycles. The van der Waals surface area contributed by atoms with Crippen molar-refractivity contribution in [2.24, 2.45) is 0 Å². The van der Waals surface area contributed by atoms with E-state index in [0.717, 1.165) is 25.7 Å². The van der Waals surface area contributed by atoms with E-state index in [1.807, 2.05) is 0 Å². The van der Waals surface area contributed by atoms with Crippen LogP contribution in [-0.2, 0) is 4.74 Å². The summed E-state index contributed by atoms with van der Waals surface area (Å²) in [5, 5.41) is 0. The minimum absolute atomic E-state index is 0.00334. The highest BCUT2D eigenvalue weighted by atomic mass is 19.1. The van der Waals surface area contributed by atoms with Crippen molar-refractivity contribution in [1.29, 1.82) is 0 Å². The first-order valence-corrected chi connectivity index (χ1v) is 7.03. The number of nitrogen functional groups attached to an aromatic ring is 1. The second-order valence-corrected chi connectivity index (χ2v) is 5.31. The fourth-order valence-corrected chi connectivity index (χ4v) is 2.63. The van der Waals surface area contributed by atoms with E-state index in [2.05, 4.69) is 0 Å². The van der Waals surface area contributed by atoms with E-state index in [1.54, 1.807) is 11.9 Å². The van der Waals surface area contributed by atoms with E-state index in [4.69, 9.17) is 15.2 Å². The molecule has 2 rings (SSSR count). The maximum absolute atomic E-state index is 13.2. The Morgan fingerprint density at radius 1 is 1.33 bits per heavy atom. The summed E-state index contributed by atoms with van der Waals surface area (Å²) in [6.07, 6.45) is 2.91. The molecular formula is C15H21FN2O3. The van der Waals surface area contributed by atoms with E-state index in [0.29, 0.717) is 11.4 Å². The molecule has 5 nitrogen and oxygen atoms in total. The smallest absolute Gasteiger partial charge is 0.409 e. The van der Waals surface area contributed by atoms with Crippen molar-refractivity contribution in [1.82, 2.24) is 4.90 Å². The molecule has 1 amide bonds. The average Bonchev–Trinajstić information content (AvgIpc) is 2.50. The van der Waals surface area contributed by atoms with Gasteiger partial charge in [-0.1, -0.05) is 0 Å². The Bertz CT molecular complexity index is 502. The number of ether oxygens (including phenoxy) is 2. The molecule has 0 saturated heterocycles. The van der Waals surface area contributed by atoms with Crippen LogP contribution in [0.3, 0.4) is 0 Å². The number of methoxy groups -OCH3 is 1. The van der Waals surface area contributed by atoms with Crippen LogP contribution < -0.4 is 10.5 Å². The standard InChI is InChI=1S/C15H21FN2O3/c1-18(15(19)20-2)11-4-6-12(7-5-11)21-14-9-10(16)3-8-13(14)17/h3,8-9,11-12H,4-7,17H2,1-2H3. The molecule has 0 atom stereocenters. The Hall–Kier alpha value is -1.98. The molecule has 0 unspecified atom stereocenters. The summed E-state index contributed by atoms with van der Waals surface area (Å²) >= 11 is 0. The second kappa shape index (κ2) is 6.65. The van der Waals surface area contributed by atoms with Gasteiger partial charge in [0.2, 0.25) is 0 Å². The molecule has 1 saturated carbocycles. The molecule has 0 bridgehead atoms. The number of carbonyl (C=O) groups excluding carboxylic acids is 1. The predicted octanol–water partition coefficient (Wildman–Crippen LogP) is 2.80. The molecule has 1 aromatic rings. The van der Waals surface area contributed by atoms with E-state index in [1.165, 1.54) is 25.3 Å². The normalized spacial score (nSPS) is 21.7. The highest BCUT2D eigenvalue weighted by Crippen LogP contribution is 2.29. The number of hydrogen-bond donors (Lipinski definition) is 1. The second-order valence-electron chi connectivity index (χ2n) is 5.31. The SMILES string of the molecule is COC(=O)N(C)C1CCC(Oc2cc(F)ccc2N)CC1. The topological polar surface area (TPSA) is 64.8 Å². The fraction of sp³-hybridized carbons (Fsp3) is 0.533. The van der Waals surface area contributed by atoms with Crippen molar-refractivity contribution in [3.8, 4) is 5.75 Å². The molecular weight excluding hydrogens is 275 g/mol. The summed E-state index contributed by atoms with van der Waals surface area (Å²) < 4.78 is 23.7. The van der Waals surface area contributed by atoms with Crippen LogP contribution in [0.1, 0.15) is 25.7 Å². The third kappa shape index (κ3) is 3.77. The molecule has 0 heterocycles. The van der Waals surface area contributed by atoms with Gasteiger partial charge in [0, 0.05) is 19.2 Å². The molecule has 1 aliphatic rings. The number of nitrogens with zero attached hydrogens (tertiary/aromatic N) is 1. The van der Waals surface area contributed by atoms with Gasteiger partial charge in [-0.15, -0.1) is 0 Å². The van der Waals surface area contributed by atoms with Gasteiger partial charge in [0.25, 0.3) is 0 Å². The summed E-state index contributed by atoms with van der Waals surface area (Å²) in [7, 11) is 3.11. The van der Waals surface area contributed by atoms with E-state index >= 15 is 0 Å². The molecule has 0 radical (unpaired) electrons. The maximum Gasteiger partial charge on any atom is 0.409 e. The van der Waals surface area contributed by atoms with Gasteiger partial charge in [0.15, 0.2) is 0 Å². The van der Waals surface area contributed by atoms with Crippen LogP contribution >= 0.6 is 0 Å². The van der Waals surface area contributed by atoms with Crippen LogP contribution in [0.25, 0.3) is 0 Å². The molecule has 1 aliphatic carbocycles. The lowest BCUT2D eigenvalue weighted by atomic mass is 9.92. The summed E-state index contributed by atoms with van der Waals surface area (Å²) in [4.78, 5) is 13.1.